The number of anilines is 1. The van der Waals surface area contributed by atoms with Gasteiger partial charge in [0.2, 0.25) is 24.4 Å². The van der Waals surface area contributed by atoms with Crippen molar-refractivity contribution in [3.8, 4) is 11.1 Å². The Balaban J connectivity index is 1.36. The number of carbonyl (C=O) groups excluding carboxylic acids is 1. The first-order valence-electron chi connectivity index (χ1n) is 10.4. The second-order valence-electron chi connectivity index (χ2n) is 7.81. The third kappa shape index (κ3) is 5.88. The van der Waals surface area contributed by atoms with Gasteiger partial charge in [-0.3, -0.25) is 4.79 Å². The number of hydrogen-bond donors (Lipinski definition) is 1. The average molecular weight is 466 g/mol. The predicted octanol–water partition coefficient (Wildman–Crippen LogP) is 5.09. The van der Waals surface area contributed by atoms with Crippen molar-refractivity contribution in [2.24, 2.45) is 0 Å². The van der Waals surface area contributed by atoms with E-state index in [0.717, 1.165) is 11.1 Å². The molecule has 0 aliphatic carbocycles. The van der Waals surface area contributed by atoms with E-state index in [4.69, 9.17) is 4.52 Å². The molecule has 0 aliphatic heterocycles. The Morgan fingerprint density at radius 1 is 1.09 bits per heavy atom. The van der Waals surface area contributed by atoms with Gasteiger partial charge in [-0.05, 0) is 40.4 Å². The summed E-state index contributed by atoms with van der Waals surface area (Å²) in [4.78, 5) is 12.3. The van der Waals surface area contributed by atoms with E-state index in [9.17, 15) is 13.6 Å². The number of amides is 1. The van der Waals surface area contributed by atoms with Crippen molar-refractivity contribution >= 4 is 20.8 Å². The van der Waals surface area contributed by atoms with Crippen molar-refractivity contribution in [3.63, 3.8) is 0 Å². The van der Waals surface area contributed by atoms with E-state index >= 15 is 0 Å². The van der Waals surface area contributed by atoms with Gasteiger partial charge in [-0.15, -0.1) is 0 Å². The molecule has 168 valence electrons. The number of rotatable bonds is 7. The molecule has 0 saturated heterocycles. The molecule has 0 fully saturated rings. The number of aromatic nitrogens is 2. The van der Waals surface area contributed by atoms with Crippen LogP contribution in [0.1, 0.15) is 22.5 Å². The maximum Gasteiger partial charge on any atom is 0.283 e. The fraction of sp³-hybridized carbons (Fsp3) is 0.160. The SMILES string of the molecule is Cc1ccccc1-c1ccc(C[n+]2cc(CC(=O)Nc3cccc(C(F)(F)P)c3)on2)cc1. The number of aryl methyl sites for hydroxylation is 1. The van der Waals surface area contributed by atoms with E-state index < -0.39 is 5.66 Å². The maximum absolute atomic E-state index is 13.5. The third-order valence-corrected chi connectivity index (χ3v) is 5.51. The van der Waals surface area contributed by atoms with Gasteiger partial charge in [-0.1, -0.05) is 69.9 Å². The lowest BCUT2D eigenvalue weighted by Crippen LogP contribution is -2.35. The first-order valence-corrected chi connectivity index (χ1v) is 10.9. The van der Waals surface area contributed by atoms with Crippen LogP contribution in [0.3, 0.4) is 0 Å². The van der Waals surface area contributed by atoms with Gasteiger partial charge >= 0.3 is 0 Å². The summed E-state index contributed by atoms with van der Waals surface area (Å²) in [6, 6.07) is 22.0. The van der Waals surface area contributed by atoms with Crippen molar-refractivity contribution in [3.05, 3.63) is 101 Å². The summed E-state index contributed by atoms with van der Waals surface area (Å²) in [7, 11) is 1.48. The minimum atomic E-state index is -3.06. The van der Waals surface area contributed by atoms with Crippen LogP contribution in [0, 0.1) is 6.92 Å². The van der Waals surface area contributed by atoms with Crippen molar-refractivity contribution in [2.45, 2.75) is 25.6 Å². The Kier molecular flexibility index (Phi) is 6.61. The van der Waals surface area contributed by atoms with Crippen molar-refractivity contribution in [2.75, 3.05) is 5.32 Å². The number of nitrogens with one attached hydrogen (secondary N) is 1. The molecular weight excluding hydrogens is 443 g/mol. The van der Waals surface area contributed by atoms with E-state index in [1.54, 1.807) is 16.9 Å². The summed E-state index contributed by atoms with van der Waals surface area (Å²) < 4.78 is 33.8. The van der Waals surface area contributed by atoms with Gasteiger partial charge in [0, 0.05) is 16.8 Å². The average Bonchev–Trinajstić information content (AvgIpc) is 3.21. The van der Waals surface area contributed by atoms with Gasteiger partial charge in [0.1, 0.15) is 0 Å². The Labute approximate surface area is 192 Å². The van der Waals surface area contributed by atoms with Gasteiger partial charge < -0.3 is 9.84 Å². The highest BCUT2D eigenvalue weighted by Crippen LogP contribution is 2.35. The van der Waals surface area contributed by atoms with Crippen LogP contribution < -0.4 is 10.00 Å². The number of alkyl halides is 2. The second kappa shape index (κ2) is 9.59. The van der Waals surface area contributed by atoms with Crippen LogP contribution in [-0.4, -0.2) is 11.2 Å². The van der Waals surface area contributed by atoms with Gasteiger partial charge in [-0.2, -0.15) is 8.78 Å². The van der Waals surface area contributed by atoms with Gasteiger partial charge in [-0.25, -0.2) is 0 Å². The lowest BCUT2D eigenvalue weighted by molar-refractivity contribution is -0.754. The predicted molar refractivity (Wildman–Crippen MR) is 125 cm³/mol. The first kappa shape index (κ1) is 22.7. The minimum Gasteiger partial charge on any atom is -0.326 e. The van der Waals surface area contributed by atoms with Crippen LogP contribution in [-0.2, 0) is 23.4 Å². The van der Waals surface area contributed by atoms with Crippen LogP contribution in [0.15, 0.2) is 83.5 Å². The molecule has 1 N–H and O–H groups in total. The summed E-state index contributed by atoms with van der Waals surface area (Å²) in [5, 5.41) is 6.58. The third-order valence-electron chi connectivity index (χ3n) is 5.18. The molecule has 3 aromatic carbocycles. The van der Waals surface area contributed by atoms with Crippen LogP contribution >= 0.6 is 9.24 Å². The smallest absolute Gasteiger partial charge is 0.283 e. The quantitative estimate of drug-likeness (QED) is 0.305. The summed E-state index contributed by atoms with van der Waals surface area (Å²) >= 11 is 0. The number of nitrogens with zero attached hydrogens (tertiary/aromatic N) is 2. The Bertz CT molecular complexity index is 1270. The van der Waals surface area contributed by atoms with Gasteiger partial charge in [0.05, 0.1) is 6.42 Å². The molecule has 0 bridgehead atoms. The van der Waals surface area contributed by atoms with E-state index in [1.807, 2.05) is 24.3 Å². The molecule has 4 aromatic rings. The molecule has 4 rings (SSSR count). The van der Waals surface area contributed by atoms with Crippen LogP contribution in [0.2, 0.25) is 0 Å². The summed E-state index contributed by atoms with van der Waals surface area (Å²) in [5.41, 5.74) is 1.62. The minimum absolute atomic E-state index is 0.0618. The highest BCUT2D eigenvalue weighted by atomic mass is 31.0. The maximum atomic E-state index is 13.5. The van der Waals surface area contributed by atoms with E-state index in [-0.39, 0.29) is 17.9 Å². The molecule has 8 heteroatoms. The number of benzene rings is 3. The lowest BCUT2D eigenvalue weighted by atomic mass is 10.00. The highest BCUT2D eigenvalue weighted by molar-refractivity contribution is 7.17. The molecule has 1 aromatic heterocycles. The van der Waals surface area contributed by atoms with Gasteiger partial charge in [0.25, 0.3) is 5.66 Å². The fourth-order valence-corrected chi connectivity index (χ4v) is 3.69. The summed E-state index contributed by atoms with van der Waals surface area (Å²) in [6.07, 6.45) is 1.59. The molecule has 0 spiro atoms. The van der Waals surface area contributed by atoms with Crippen LogP contribution in [0.4, 0.5) is 14.5 Å². The van der Waals surface area contributed by atoms with Gasteiger partial charge in [0.15, 0.2) is 5.27 Å². The zero-order valence-corrected chi connectivity index (χ0v) is 19.1. The molecule has 5 nitrogen and oxygen atoms in total. The fourth-order valence-electron chi connectivity index (χ4n) is 3.51. The molecule has 0 aliphatic rings. The Morgan fingerprint density at radius 2 is 1.85 bits per heavy atom. The number of halogens is 2. The van der Waals surface area contributed by atoms with E-state index in [0.29, 0.717) is 18.0 Å². The number of carbonyl (C=O) groups is 1. The lowest BCUT2D eigenvalue weighted by Gasteiger charge is -2.12. The van der Waals surface area contributed by atoms with Crippen molar-refractivity contribution in [1.82, 2.24) is 5.27 Å². The monoisotopic (exact) mass is 466 g/mol. The molecule has 1 atom stereocenters. The van der Waals surface area contributed by atoms with E-state index in [1.165, 1.54) is 38.6 Å². The molecule has 33 heavy (non-hydrogen) atoms. The normalized spacial score (nSPS) is 11.4. The summed E-state index contributed by atoms with van der Waals surface area (Å²) in [6.45, 7) is 2.57. The standard InChI is InChI=1S/C25H22F2N3O2P/c1-17-5-2-3-8-23(17)19-11-9-18(10-12-19)15-30-16-22(32-29-30)14-24(31)28-21-7-4-6-20(13-21)25(26,27)33/h2-13,16H,14-15,33H2,1H3/p+1. The van der Waals surface area contributed by atoms with Crippen molar-refractivity contribution in [1.29, 1.82) is 0 Å². The zero-order chi connectivity index (χ0) is 23.4. The van der Waals surface area contributed by atoms with Crippen LogP contribution in [0.5, 0.6) is 0 Å². The Hall–Kier alpha value is -3.44. The zero-order valence-electron chi connectivity index (χ0n) is 18.0. The topological polar surface area (TPSA) is 59.0 Å². The highest BCUT2D eigenvalue weighted by Gasteiger charge is 2.24. The molecule has 1 unspecified atom stereocenters. The second-order valence-corrected chi connectivity index (χ2v) is 8.53. The molecular formula is C25H23F2N3O2P+. The number of hydrogen-bond acceptors (Lipinski definition) is 3. The van der Waals surface area contributed by atoms with E-state index in [2.05, 4.69) is 41.8 Å². The summed E-state index contributed by atoms with van der Waals surface area (Å²) in [5.74, 6) is -0.0123. The first-order chi connectivity index (χ1) is 15.8. The van der Waals surface area contributed by atoms with Crippen molar-refractivity contribution < 1.29 is 22.8 Å². The molecule has 1 amide bonds. The molecule has 1 heterocycles. The van der Waals surface area contributed by atoms with Crippen LogP contribution in [0.25, 0.3) is 11.1 Å². The largest absolute Gasteiger partial charge is 0.326 e. The molecule has 0 saturated carbocycles. The molecule has 0 radical (unpaired) electrons. The Morgan fingerprint density at radius 3 is 2.58 bits per heavy atom.